The molecule has 26 heavy (non-hydrogen) atoms. The number of pyridine rings is 1. The molecule has 0 saturated carbocycles. The number of benzene rings is 1. The monoisotopic (exact) mass is 347 g/mol. The zero-order valence-electron chi connectivity index (χ0n) is 14.5. The lowest BCUT2D eigenvalue weighted by molar-refractivity contribution is 0.0627. The van der Waals surface area contributed by atoms with E-state index in [4.69, 9.17) is 0 Å². The molecule has 0 aliphatic carbocycles. The zero-order chi connectivity index (χ0) is 17.8. The quantitative estimate of drug-likeness (QED) is 0.785. The maximum absolute atomic E-state index is 13.1. The third-order valence-electron chi connectivity index (χ3n) is 4.64. The van der Waals surface area contributed by atoms with Crippen molar-refractivity contribution < 1.29 is 4.79 Å². The Morgan fingerprint density at radius 1 is 1.12 bits per heavy atom. The van der Waals surface area contributed by atoms with Crippen LogP contribution in [0.5, 0.6) is 0 Å². The van der Waals surface area contributed by atoms with Crippen LogP contribution in [0.1, 0.15) is 27.7 Å². The molecular weight excluding hydrogens is 326 g/mol. The van der Waals surface area contributed by atoms with Gasteiger partial charge in [0.15, 0.2) is 0 Å². The van der Waals surface area contributed by atoms with E-state index in [0.717, 1.165) is 24.2 Å². The first kappa shape index (κ1) is 16.5. The highest BCUT2D eigenvalue weighted by molar-refractivity contribution is 5.92. The standard InChI is InChI=1S/C20H21N5O/c26-20(18-8-12-24(23-18)15-16-4-2-1-3-5-16)25-13-11-22-14-19(25)17-6-9-21-10-7-17/h1-10,12,19,22H,11,13-15H2. The normalized spacial score (nSPS) is 17.2. The van der Waals surface area contributed by atoms with Crippen molar-refractivity contribution in [2.45, 2.75) is 12.6 Å². The summed E-state index contributed by atoms with van der Waals surface area (Å²) in [5, 5.41) is 7.87. The summed E-state index contributed by atoms with van der Waals surface area (Å²) in [6, 6.07) is 15.8. The number of hydrogen-bond donors (Lipinski definition) is 1. The first-order chi connectivity index (χ1) is 12.8. The number of aromatic nitrogens is 3. The van der Waals surface area contributed by atoms with Gasteiger partial charge in [-0.15, -0.1) is 0 Å². The Labute approximate surface area is 152 Å². The van der Waals surface area contributed by atoms with Gasteiger partial charge in [-0.25, -0.2) is 0 Å². The first-order valence-corrected chi connectivity index (χ1v) is 8.80. The topological polar surface area (TPSA) is 63.1 Å². The molecule has 6 heteroatoms. The van der Waals surface area contributed by atoms with Crippen molar-refractivity contribution in [3.8, 4) is 0 Å². The van der Waals surface area contributed by atoms with Crippen LogP contribution in [-0.4, -0.2) is 45.2 Å². The van der Waals surface area contributed by atoms with Gasteiger partial charge in [0.05, 0.1) is 12.6 Å². The maximum atomic E-state index is 13.1. The SMILES string of the molecule is O=C(c1ccn(Cc2ccccc2)n1)N1CCNCC1c1ccncc1. The van der Waals surface area contributed by atoms with Crippen molar-refractivity contribution in [3.63, 3.8) is 0 Å². The smallest absolute Gasteiger partial charge is 0.274 e. The van der Waals surface area contributed by atoms with Gasteiger partial charge >= 0.3 is 0 Å². The molecule has 1 fully saturated rings. The molecule has 1 unspecified atom stereocenters. The fourth-order valence-corrected chi connectivity index (χ4v) is 3.31. The van der Waals surface area contributed by atoms with Crippen molar-refractivity contribution in [1.29, 1.82) is 0 Å². The Kier molecular flexibility index (Phi) is 4.75. The van der Waals surface area contributed by atoms with Gasteiger partial charge < -0.3 is 10.2 Å². The molecule has 0 radical (unpaired) electrons. The lowest BCUT2D eigenvalue weighted by Crippen LogP contribution is -2.48. The van der Waals surface area contributed by atoms with Gasteiger partial charge in [0.1, 0.15) is 5.69 Å². The van der Waals surface area contributed by atoms with Gasteiger partial charge in [-0.1, -0.05) is 30.3 Å². The predicted molar refractivity (Wildman–Crippen MR) is 98.7 cm³/mol. The van der Waals surface area contributed by atoms with E-state index in [2.05, 4.69) is 27.5 Å². The Morgan fingerprint density at radius 3 is 2.73 bits per heavy atom. The summed E-state index contributed by atoms with van der Waals surface area (Å²) in [6.45, 7) is 2.85. The second kappa shape index (κ2) is 7.49. The first-order valence-electron chi connectivity index (χ1n) is 8.80. The molecule has 1 N–H and O–H groups in total. The fourth-order valence-electron chi connectivity index (χ4n) is 3.31. The summed E-state index contributed by atoms with van der Waals surface area (Å²) >= 11 is 0. The summed E-state index contributed by atoms with van der Waals surface area (Å²) in [4.78, 5) is 19.0. The Hall–Kier alpha value is -2.99. The van der Waals surface area contributed by atoms with Crippen LogP contribution in [0.25, 0.3) is 0 Å². The average molecular weight is 347 g/mol. The lowest BCUT2D eigenvalue weighted by Gasteiger charge is -2.36. The summed E-state index contributed by atoms with van der Waals surface area (Å²) in [5.74, 6) is -0.0277. The molecule has 3 aromatic rings. The molecule has 1 aliphatic rings. The van der Waals surface area contributed by atoms with Gasteiger partial charge in [0.2, 0.25) is 0 Å². The number of nitrogens with zero attached hydrogens (tertiary/aromatic N) is 4. The summed E-state index contributed by atoms with van der Waals surface area (Å²) in [6.07, 6.45) is 5.40. The van der Waals surface area contributed by atoms with Crippen molar-refractivity contribution in [2.75, 3.05) is 19.6 Å². The van der Waals surface area contributed by atoms with Crippen LogP contribution in [0.3, 0.4) is 0 Å². The van der Waals surface area contributed by atoms with Gasteiger partial charge in [0.25, 0.3) is 5.91 Å². The van der Waals surface area contributed by atoms with Crippen LogP contribution in [0.2, 0.25) is 0 Å². The number of carbonyl (C=O) groups excluding carboxylic acids is 1. The molecule has 1 aromatic carbocycles. The number of hydrogen-bond acceptors (Lipinski definition) is 4. The minimum Gasteiger partial charge on any atom is -0.328 e. The molecule has 1 aliphatic heterocycles. The molecule has 4 rings (SSSR count). The van der Waals surface area contributed by atoms with Gasteiger partial charge in [-0.2, -0.15) is 5.10 Å². The second-order valence-corrected chi connectivity index (χ2v) is 6.38. The van der Waals surface area contributed by atoms with Crippen molar-refractivity contribution in [1.82, 2.24) is 25.0 Å². The second-order valence-electron chi connectivity index (χ2n) is 6.38. The van der Waals surface area contributed by atoms with E-state index < -0.39 is 0 Å². The molecule has 0 spiro atoms. The van der Waals surface area contributed by atoms with Crippen LogP contribution in [0, 0.1) is 0 Å². The molecule has 1 saturated heterocycles. The number of carbonyl (C=O) groups is 1. The molecule has 3 heterocycles. The van der Waals surface area contributed by atoms with Crippen LogP contribution in [0.15, 0.2) is 67.1 Å². The number of piperazine rings is 1. The van der Waals surface area contributed by atoms with Crippen LogP contribution >= 0.6 is 0 Å². The van der Waals surface area contributed by atoms with Gasteiger partial charge in [0, 0.05) is 38.2 Å². The fraction of sp³-hybridized carbons (Fsp3) is 0.250. The Bertz CT molecular complexity index is 862. The number of amides is 1. The third kappa shape index (κ3) is 3.50. The van der Waals surface area contributed by atoms with E-state index in [1.54, 1.807) is 18.5 Å². The van der Waals surface area contributed by atoms with E-state index in [1.165, 1.54) is 0 Å². The predicted octanol–water partition coefficient (Wildman–Crippen LogP) is 2.11. The minimum absolute atomic E-state index is 0.00137. The molecule has 2 aromatic heterocycles. The van der Waals surface area contributed by atoms with E-state index >= 15 is 0 Å². The maximum Gasteiger partial charge on any atom is 0.274 e. The molecule has 0 bridgehead atoms. The van der Waals surface area contributed by atoms with Crippen LogP contribution < -0.4 is 5.32 Å². The average Bonchev–Trinajstić information content (AvgIpc) is 3.17. The van der Waals surface area contributed by atoms with E-state index in [0.29, 0.717) is 18.8 Å². The Morgan fingerprint density at radius 2 is 1.92 bits per heavy atom. The molecule has 132 valence electrons. The summed E-state index contributed by atoms with van der Waals surface area (Å²) < 4.78 is 1.81. The summed E-state index contributed by atoms with van der Waals surface area (Å²) in [7, 11) is 0. The van der Waals surface area contributed by atoms with Gasteiger partial charge in [-0.3, -0.25) is 14.5 Å². The number of rotatable bonds is 4. The Balaban J connectivity index is 1.53. The van der Waals surface area contributed by atoms with E-state index in [9.17, 15) is 4.79 Å². The molecule has 6 nitrogen and oxygen atoms in total. The van der Waals surface area contributed by atoms with Crippen LogP contribution in [0.4, 0.5) is 0 Å². The van der Waals surface area contributed by atoms with Crippen molar-refractivity contribution in [3.05, 3.63) is 83.9 Å². The van der Waals surface area contributed by atoms with Crippen molar-refractivity contribution >= 4 is 5.91 Å². The number of nitrogens with one attached hydrogen (secondary N) is 1. The van der Waals surface area contributed by atoms with E-state index in [1.807, 2.05) is 46.1 Å². The minimum atomic E-state index is -0.0277. The molecule has 1 atom stereocenters. The van der Waals surface area contributed by atoms with Crippen molar-refractivity contribution in [2.24, 2.45) is 0 Å². The highest BCUT2D eigenvalue weighted by Crippen LogP contribution is 2.23. The molecular formula is C20H21N5O. The lowest BCUT2D eigenvalue weighted by atomic mass is 10.0. The van der Waals surface area contributed by atoms with E-state index in [-0.39, 0.29) is 11.9 Å². The summed E-state index contributed by atoms with van der Waals surface area (Å²) in [5.41, 5.74) is 2.73. The highest BCUT2D eigenvalue weighted by atomic mass is 16.2. The zero-order valence-corrected chi connectivity index (χ0v) is 14.5. The van der Waals surface area contributed by atoms with Gasteiger partial charge in [-0.05, 0) is 29.3 Å². The third-order valence-corrected chi connectivity index (χ3v) is 4.64. The molecule has 1 amide bonds. The van der Waals surface area contributed by atoms with Crippen LogP contribution in [-0.2, 0) is 6.54 Å². The highest BCUT2D eigenvalue weighted by Gasteiger charge is 2.29. The largest absolute Gasteiger partial charge is 0.328 e.